The third-order valence-electron chi connectivity index (χ3n) is 3.52. The lowest BCUT2D eigenvalue weighted by Crippen LogP contribution is -2.38. The Labute approximate surface area is 161 Å². The Kier molecular flexibility index (Phi) is 10.6. The van der Waals surface area contributed by atoms with Gasteiger partial charge in [0, 0.05) is 24.7 Å². The SMILES string of the molecule is CCNC(=NCCOCC1CC1)NCCc1ccc(Cl)cc1.I. The maximum Gasteiger partial charge on any atom is 0.191 e. The van der Waals surface area contributed by atoms with Crippen LogP contribution in [0.2, 0.25) is 5.02 Å². The molecule has 1 aliphatic rings. The van der Waals surface area contributed by atoms with Crippen LogP contribution in [0.15, 0.2) is 29.3 Å². The summed E-state index contributed by atoms with van der Waals surface area (Å²) in [5.41, 5.74) is 1.26. The number of guanidine groups is 1. The van der Waals surface area contributed by atoms with Gasteiger partial charge in [-0.1, -0.05) is 23.7 Å². The van der Waals surface area contributed by atoms with E-state index in [9.17, 15) is 0 Å². The number of aliphatic imine (C=N–C) groups is 1. The number of nitrogens with one attached hydrogen (secondary N) is 2. The van der Waals surface area contributed by atoms with E-state index < -0.39 is 0 Å². The van der Waals surface area contributed by atoms with Crippen LogP contribution in [-0.4, -0.2) is 38.8 Å². The summed E-state index contributed by atoms with van der Waals surface area (Å²) < 4.78 is 5.60. The molecule has 2 rings (SSSR count). The fourth-order valence-electron chi connectivity index (χ4n) is 2.07. The number of hydrogen-bond acceptors (Lipinski definition) is 2. The summed E-state index contributed by atoms with van der Waals surface area (Å²) in [7, 11) is 0. The minimum atomic E-state index is 0. The fraction of sp³-hybridized carbons (Fsp3) is 0.588. The van der Waals surface area contributed by atoms with E-state index in [0.717, 1.165) is 43.0 Å². The van der Waals surface area contributed by atoms with Gasteiger partial charge in [0.25, 0.3) is 0 Å². The number of halogens is 2. The van der Waals surface area contributed by atoms with Crippen LogP contribution in [0.5, 0.6) is 0 Å². The first-order valence-electron chi connectivity index (χ1n) is 8.12. The lowest BCUT2D eigenvalue weighted by atomic mass is 10.1. The van der Waals surface area contributed by atoms with E-state index in [1.807, 2.05) is 12.1 Å². The zero-order valence-electron chi connectivity index (χ0n) is 13.7. The molecule has 1 saturated carbocycles. The maximum atomic E-state index is 5.89. The Bertz CT molecular complexity index is 463. The number of nitrogens with zero attached hydrogens (tertiary/aromatic N) is 1. The first-order chi connectivity index (χ1) is 10.8. The second kappa shape index (κ2) is 11.9. The smallest absolute Gasteiger partial charge is 0.191 e. The van der Waals surface area contributed by atoms with Gasteiger partial charge >= 0.3 is 0 Å². The van der Waals surface area contributed by atoms with Gasteiger partial charge in [0.15, 0.2) is 5.96 Å². The summed E-state index contributed by atoms with van der Waals surface area (Å²) >= 11 is 5.89. The van der Waals surface area contributed by atoms with Gasteiger partial charge in [-0.15, -0.1) is 24.0 Å². The molecule has 6 heteroatoms. The summed E-state index contributed by atoms with van der Waals surface area (Å²) in [6.07, 6.45) is 3.61. The molecule has 0 unspecified atom stereocenters. The van der Waals surface area contributed by atoms with Gasteiger partial charge in [0.05, 0.1) is 13.2 Å². The predicted octanol–water partition coefficient (Wildman–Crippen LogP) is 3.48. The van der Waals surface area contributed by atoms with E-state index in [4.69, 9.17) is 16.3 Å². The molecule has 0 aromatic heterocycles. The van der Waals surface area contributed by atoms with Crippen LogP contribution in [0.4, 0.5) is 0 Å². The van der Waals surface area contributed by atoms with Crippen molar-refractivity contribution in [2.24, 2.45) is 10.9 Å². The van der Waals surface area contributed by atoms with Gasteiger partial charge in [-0.05, 0) is 49.8 Å². The van der Waals surface area contributed by atoms with Crippen LogP contribution in [0, 0.1) is 5.92 Å². The Hall–Kier alpha value is -0.530. The molecule has 0 heterocycles. The number of hydrogen-bond donors (Lipinski definition) is 2. The second-order valence-corrected chi connectivity index (χ2v) is 6.02. The Morgan fingerprint density at radius 3 is 2.65 bits per heavy atom. The lowest BCUT2D eigenvalue weighted by molar-refractivity contribution is 0.131. The van der Waals surface area contributed by atoms with E-state index in [0.29, 0.717) is 13.2 Å². The van der Waals surface area contributed by atoms with E-state index in [1.54, 1.807) is 0 Å². The maximum absolute atomic E-state index is 5.89. The van der Waals surface area contributed by atoms with Crippen LogP contribution in [0.25, 0.3) is 0 Å². The highest BCUT2D eigenvalue weighted by molar-refractivity contribution is 14.0. The summed E-state index contributed by atoms with van der Waals surface area (Å²) in [6.45, 7) is 6.06. The van der Waals surface area contributed by atoms with Crippen molar-refractivity contribution in [2.75, 3.05) is 32.8 Å². The third-order valence-corrected chi connectivity index (χ3v) is 3.77. The van der Waals surface area contributed by atoms with Gasteiger partial charge in [0.2, 0.25) is 0 Å². The van der Waals surface area contributed by atoms with Crippen molar-refractivity contribution in [1.29, 1.82) is 0 Å². The molecule has 0 bridgehead atoms. The molecule has 0 atom stereocenters. The third kappa shape index (κ3) is 9.37. The largest absolute Gasteiger partial charge is 0.379 e. The number of ether oxygens (including phenoxy) is 1. The van der Waals surface area contributed by atoms with Crippen LogP contribution >= 0.6 is 35.6 Å². The van der Waals surface area contributed by atoms with Crippen molar-refractivity contribution in [2.45, 2.75) is 26.2 Å². The molecular formula is C17H27ClIN3O. The molecule has 130 valence electrons. The first-order valence-corrected chi connectivity index (χ1v) is 8.50. The summed E-state index contributed by atoms with van der Waals surface area (Å²) in [6, 6.07) is 7.96. The highest BCUT2D eigenvalue weighted by Crippen LogP contribution is 2.28. The van der Waals surface area contributed by atoms with E-state index in [2.05, 4.69) is 34.7 Å². The predicted molar refractivity (Wildman–Crippen MR) is 108 cm³/mol. The fourth-order valence-corrected chi connectivity index (χ4v) is 2.20. The standard InChI is InChI=1S/C17H26ClN3O.HI/c1-2-19-17(21-11-12-22-13-15-3-4-15)20-10-9-14-5-7-16(18)8-6-14;/h5-8,15H,2-4,9-13H2,1H3,(H2,19,20,21);1H. The molecule has 23 heavy (non-hydrogen) atoms. The average molecular weight is 452 g/mol. The van der Waals surface area contributed by atoms with Gasteiger partial charge in [-0.2, -0.15) is 0 Å². The van der Waals surface area contributed by atoms with Gasteiger partial charge in [-0.25, -0.2) is 0 Å². The monoisotopic (exact) mass is 451 g/mol. The van der Waals surface area contributed by atoms with Crippen molar-refractivity contribution >= 4 is 41.5 Å². The molecule has 1 aromatic carbocycles. The van der Waals surface area contributed by atoms with Gasteiger partial charge < -0.3 is 15.4 Å². The number of rotatable bonds is 9. The number of benzene rings is 1. The molecule has 1 aromatic rings. The Balaban J connectivity index is 0.00000264. The molecule has 1 fully saturated rings. The highest BCUT2D eigenvalue weighted by Gasteiger charge is 2.20. The van der Waals surface area contributed by atoms with Gasteiger partial charge in [0.1, 0.15) is 0 Å². The molecule has 4 nitrogen and oxygen atoms in total. The minimum absolute atomic E-state index is 0. The molecule has 1 aliphatic carbocycles. The van der Waals surface area contributed by atoms with E-state index in [-0.39, 0.29) is 24.0 Å². The van der Waals surface area contributed by atoms with Crippen LogP contribution in [0.3, 0.4) is 0 Å². The second-order valence-electron chi connectivity index (χ2n) is 5.58. The van der Waals surface area contributed by atoms with Crippen LogP contribution < -0.4 is 10.6 Å². The molecule has 0 radical (unpaired) electrons. The van der Waals surface area contributed by atoms with E-state index >= 15 is 0 Å². The lowest BCUT2D eigenvalue weighted by Gasteiger charge is -2.11. The quantitative estimate of drug-likeness (QED) is 0.261. The van der Waals surface area contributed by atoms with Crippen LogP contribution in [0.1, 0.15) is 25.3 Å². The molecule has 0 amide bonds. The van der Waals surface area contributed by atoms with Crippen molar-refractivity contribution in [3.63, 3.8) is 0 Å². The van der Waals surface area contributed by atoms with Crippen molar-refractivity contribution in [3.05, 3.63) is 34.9 Å². The van der Waals surface area contributed by atoms with Crippen molar-refractivity contribution in [3.8, 4) is 0 Å². The van der Waals surface area contributed by atoms with Gasteiger partial charge in [-0.3, -0.25) is 4.99 Å². The molecule has 2 N–H and O–H groups in total. The van der Waals surface area contributed by atoms with Crippen LogP contribution in [-0.2, 0) is 11.2 Å². The molecule has 0 spiro atoms. The zero-order chi connectivity index (χ0) is 15.6. The molecule has 0 saturated heterocycles. The average Bonchev–Trinajstić information content (AvgIpc) is 3.33. The van der Waals surface area contributed by atoms with Crippen molar-refractivity contribution < 1.29 is 4.74 Å². The van der Waals surface area contributed by atoms with E-state index in [1.165, 1.54) is 18.4 Å². The topological polar surface area (TPSA) is 45.7 Å². The summed E-state index contributed by atoms with van der Waals surface area (Å²) in [5, 5.41) is 7.37. The zero-order valence-corrected chi connectivity index (χ0v) is 16.8. The first kappa shape index (κ1) is 20.5. The Morgan fingerprint density at radius 1 is 1.26 bits per heavy atom. The Morgan fingerprint density at radius 2 is 2.00 bits per heavy atom. The summed E-state index contributed by atoms with van der Waals surface area (Å²) in [5.74, 6) is 1.67. The summed E-state index contributed by atoms with van der Waals surface area (Å²) in [4.78, 5) is 4.52. The molecular weight excluding hydrogens is 425 g/mol. The minimum Gasteiger partial charge on any atom is -0.379 e. The molecule has 0 aliphatic heterocycles. The highest BCUT2D eigenvalue weighted by atomic mass is 127. The normalized spacial score (nSPS) is 14.3. The van der Waals surface area contributed by atoms with Crippen molar-refractivity contribution in [1.82, 2.24) is 10.6 Å².